The van der Waals surface area contributed by atoms with Crippen molar-refractivity contribution in [2.75, 3.05) is 31.1 Å². The minimum Gasteiger partial charge on any atom is -0.404 e. The van der Waals surface area contributed by atoms with Crippen LogP contribution in [0.1, 0.15) is 5.56 Å². The number of benzene rings is 1. The lowest BCUT2D eigenvalue weighted by atomic mass is 10.1. The molecular weight excluding hydrogens is 323 g/mol. The molecule has 128 valence electrons. The number of carbonyl (C=O) groups is 1. The molecule has 1 aliphatic rings. The maximum Gasteiger partial charge on any atom is 0.299 e. The van der Waals surface area contributed by atoms with Crippen LogP contribution >= 0.6 is 0 Å². The predicted molar refractivity (Wildman–Crippen MR) is 90.7 cm³/mol. The second-order valence-corrected chi connectivity index (χ2v) is 6.00. The minimum absolute atomic E-state index is 0.00415. The minimum atomic E-state index is -0.320. The third-order valence-corrected chi connectivity index (χ3v) is 4.30. The molecule has 2 aromatic heterocycles. The Morgan fingerprint density at radius 3 is 2.76 bits per heavy atom. The monoisotopic (exact) mass is 340 g/mol. The Morgan fingerprint density at radius 2 is 2.00 bits per heavy atom. The SMILES string of the molecule is O=C(Cc1cccc(F)c1)N1CCN(c2nc3cccnc3o2)CC1. The summed E-state index contributed by atoms with van der Waals surface area (Å²) in [6.45, 7) is 2.45. The van der Waals surface area contributed by atoms with Crippen molar-refractivity contribution in [2.24, 2.45) is 0 Å². The van der Waals surface area contributed by atoms with Gasteiger partial charge in [-0.3, -0.25) is 4.79 Å². The maximum atomic E-state index is 13.2. The van der Waals surface area contributed by atoms with Gasteiger partial charge in [-0.2, -0.15) is 4.98 Å². The molecule has 4 rings (SSSR count). The normalized spacial score (nSPS) is 14.9. The van der Waals surface area contributed by atoms with Gasteiger partial charge in [-0.25, -0.2) is 9.37 Å². The van der Waals surface area contributed by atoms with Gasteiger partial charge in [0.2, 0.25) is 11.6 Å². The van der Waals surface area contributed by atoms with E-state index < -0.39 is 0 Å². The lowest BCUT2D eigenvalue weighted by Crippen LogP contribution is -2.49. The Bertz CT molecular complexity index is 870. The zero-order valence-corrected chi connectivity index (χ0v) is 13.6. The molecule has 25 heavy (non-hydrogen) atoms. The maximum absolute atomic E-state index is 13.2. The van der Waals surface area contributed by atoms with Crippen molar-refractivity contribution in [3.05, 3.63) is 54.0 Å². The molecule has 0 N–H and O–H groups in total. The van der Waals surface area contributed by atoms with Crippen LogP contribution in [0.5, 0.6) is 0 Å². The van der Waals surface area contributed by atoms with Crippen LogP contribution in [0.4, 0.5) is 10.4 Å². The summed E-state index contributed by atoms with van der Waals surface area (Å²) in [4.78, 5) is 24.8. The first-order chi connectivity index (χ1) is 12.2. The average Bonchev–Trinajstić information content (AvgIpc) is 3.06. The van der Waals surface area contributed by atoms with E-state index >= 15 is 0 Å². The van der Waals surface area contributed by atoms with Crippen LogP contribution in [0.3, 0.4) is 0 Å². The molecule has 1 fully saturated rings. The second-order valence-electron chi connectivity index (χ2n) is 6.00. The van der Waals surface area contributed by atoms with Gasteiger partial charge >= 0.3 is 0 Å². The molecule has 1 aliphatic heterocycles. The molecule has 0 aliphatic carbocycles. The van der Waals surface area contributed by atoms with Gasteiger partial charge < -0.3 is 14.2 Å². The van der Waals surface area contributed by atoms with Crippen LogP contribution in [0.25, 0.3) is 11.2 Å². The second kappa shape index (κ2) is 6.51. The standard InChI is InChI=1S/C18H17FN4O2/c19-14-4-1-3-13(11-14)12-16(24)22-7-9-23(10-8-22)18-21-15-5-2-6-20-17(15)25-18/h1-6,11H,7-10,12H2. The van der Waals surface area contributed by atoms with Crippen molar-refractivity contribution in [3.63, 3.8) is 0 Å². The highest BCUT2D eigenvalue weighted by molar-refractivity contribution is 5.79. The van der Waals surface area contributed by atoms with Crippen molar-refractivity contribution in [1.82, 2.24) is 14.9 Å². The molecule has 1 aromatic carbocycles. The lowest BCUT2D eigenvalue weighted by molar-refractivity contribution is -0.130. The highest BCUT2D eigenvalue weighted by Gasteiger charge is 2.24. The van der Waals surface area contributed by atoms with E-state index in [0.29, 0.717) is 43.5 Å². The number of anilines is 1. The number of halogens is 1. The van der Waals surface area contributed by atoms with Crippen LogP contribution in [-0.4, -0.2) is 47.0 Å². The van der Waals surface area contributed by atoms with E-state index in [1.807, 2.05) is 17.0 Å². The fraction of sp³-hybridized carbons (Fsp3) is 0.278. The summed E-state index contributed by atoms with van der Waals surface area (Å²) in [5.74, 6) is -0.316. The van der Waals surface area contributed by atoms with Gasteiger partial charge in [0.1, 0.15) is 11.3 Å². The van der Waals surface area contributed by atoms with Gasteiger partial charge in [0.15, 0.2) is 0 Å². The number of carbonyl (C=O) groups excluding carboxylic acids is 1. The highest BCUT2D eigenvalue weighted by atomic mass is 19.1. The van der Waals surface area contributed by atoms with Crippen LogP contribution < -0.4 is 4.90 Å². The number of hydrogen-bond donors (Lipinski definition) is 0. The molecule has 0 radical (unpaired) electrons. The molecule has 1 saturated heterocycles. The number of fused-ring (bicyclic) bond motifs is 1. The van der Waals surface area contributed by atoms with Crippen LogP contribution in [-0.2, 0) is 11.2 Å². The van der Waals surface area contributed by atoms with E-state index in [1.165, 1.54) is 12.1 Å². The van der Waals surface area contributed by atoms with E-state index in [4.69, 9.17) is 4.42 Å². The largest absolute Gasteiger partial charge is 0.404 e. The zero-order chi connectivity index (χ0) is 17.2. The Hall–Kier alpha value is -2.96. The van der Waals surface area contributed by atoms with Gasteiger partial charge in [-0.05, 0) is 29.8 Å². The number of rotatable bonds is 3. The van der Waals surface area contributed by atoms with Gasteiger partial charge in [0.25, 0.3) is 6.01 Å². The molecule has 0 spiro atoms. The average molecular weight is 340 g/mol. The van der Waals surface area contributed by atoms with E-state index in [-0.39, 0.29) is 18.1 Å². The lowest BCUT2D eigenvalue weighted by Gasteiger charge is -2.33. The third-order valence-electron chi connectivity index (χ3n) is 4.30. The molecule has 0 unspecified atom stereocenters. The Morgan fingerprint density at radius 1 is 1.16 bits per heavy atom. The van der Waals surface area contributed by atoms with Gasteiger partial charge in [-0.1, -0.05) is 12.1 Å². The number of aromatic nitrogens is 2. The van der Waals surface area contributed by atoms with Crippen LogP contribution in [0, 0.1) is 5.82 Å². The quantitative estimate of drug-likeness (QED) is 0.732. The summed E-state index contributed by atoms with van der Waals surface area (Å²) in [5.41, 5.74) is 1.93. The Balaban J connectivity index is 1.38. The molecule has 7 heteroatoms. The predicted octanol–water partition coefficient (Wildman–Crippen LogP) is 2.25. The molecule has 0 atom stereocenters. The van der Waals surface area contributed by atoms with Gasteiger partial charge in [0, 0.05) is 32.4 Å². The zero-order valence-electron chi connectivity index (χ0n) is 13.6. The molecule has 3 heterocycles. The van der Waals surface area contributed by atoms with Crippen molar-refractivity contribution in [1.29, 1.82) is 0 Å². The summed E-state index contributed by atoms with van der Waals surface area (Å²) in [7, 11) is 0. The van der Waals surface area contributed by atoms with Crippen LogP contribution in [0.15, 0.2) is 47.0 Å². The fourth-order valence-electron chi connectivity index (χ4n) is 2.97. The first-order valence-electron chi connectivity index (χ1n) is 8.18. The van der Waals surface area contributed by atoms with Crippen molar-refractivity contribution < 1.29 is 13.6 Å². The summed E-state index contributed by atoms with van der Waals surface area (Å²) in [6, 6.07) is 10.4. The molecule has 0 bridgehead atoms. The number of piperazine rings is 1. The molecule has 6 nitrogen and oxygen atoms in total. The van der Waals surface area contributed by atoms with Gasteiger partial charge in [0.05, 0.1) is 6.42 Å². The van der Waals surface area contributed by atoms with E-state index in [1.54, 1.807) is 23.2 Å². The third kappa shape index (κ3) is 3.31. The Kier molecular flexibility index (Phi) is 4.05. The number of amides is 1. The van der Waals surface area contributed by atoms with E-state index in [9.17, 15) is 9.18 Å². The smallest absolute Gasteiger partial charge is 0.299 e. The van der Waals surface area contributed by atoms with Crippen LogP contribution in [0.2, 0.25) is 0 Å². The van der Waals surface area contributed by atoms with Crippen molar-refractivity contribution in [2.45, 2.75) is 6.42 Å². The summed E-state index contributed by atoms with van der Waals surface area (Å²) in [5, 5.41) is 0. The molecular formula is C18H17FN4O2. The molecule has 1 amide bonds. The molecule has 0 saturated carbocycles. The first-order valence-corrected chi connectivity index (χ1v) is 8.18. The van der Waals surface area contributed by atoms with E-state index in [2.05, 4.69) is 9.97 Å². The summed E-state index contributed by atoms with van der Waals surface area (Å²) in [6.07, 6.45) is 1.88. The van der Waals surface area contributed by atoms with E-state index in [0.717, 1.165) is 5.52 Å². The Labute approximate surface area is 143 Å². The summed E-state index contributed by atoms with van der Waals surface area (Å²) < 4.78 is 18.9. The van der Waals surface area contributed by atoms with Gasteiger partial charge in [-0.15, -0.1) is 0 Å². The highest BCUT2D eigenvalue weighted by Crippen LogP contribution is 2.21. The summed E-state index contributed by atoms with van der Waals surface area (Å²) >= 11 is 0. The fourth-order valence-corrected chi connectivity index (χ4v) is 2.97. The number of oxazole rings is 1. The first kappa shape index (κ1) is 15.6. The van der Waals surface area contributed by atoms with Crippen molar-refractivity contribution >= 4 is 23.2 Å². The number of hydrogen-bond acceptors (Lipinski definition) is 5. The van der Waals surface area contributed by atoms with Crippen molar-refractivity contribution in [3.8, 4) is 0 Å². The number of pyridine rings is 1. The molecule has 3 aromatic rings. The topological polar surface area (TPSA) is 62.5 Å². The number of nitrogens with zero attached hydrogens (tertiary/aromatic N) is 4.